The Morgan fingerprint density at radius 3 is 1.32 bits per heavy atom. The monoisotopic (exact) mass is 310 g/mol. The van der Waals surface area contributed by atoms with E-state index in [2.05, 4.69) is 25.3 Å². The zero-order valence-electron chi connectivity index (χ0n) is 12.5. The lowest BCUT2D eigenvalue weighted by Crippen LogP contribution is -2.46. The highest BCUT2D eigenvalue weighted by Crippen LogP contribution is 2.30. The first-order valence-corrected chi connectivity index (χ1v) is 11.7. The lowest BCUT2D eigenvalue weighted by atomic mass is 10.4. The Hall–Kier alpha value is 0.234. The molecule has 0 aromatic carbocycles. The first kappa shape index (κ1) is 19.2. The molecular formula is C12H30O5Si2. The number of hydrogen-bond acceptors (Lipinski definition) is 5. The number of hydrogen-bond donors (Lipinski definition) is 3. The second kappa shape index (κ2) is 10.0. The van der Waals surface area contributed by atoms with Crippen molar-refractivity contribution in [3.05, 3.63) is 0 Å². The summed E-state index contributed by atoms with van der Waals surface area (Å²) in [6.07, 6.45) is 6.41. The van der Waals surface area contributed by atoms with E-state index < -0.39 is 17.4 Å². The summed E-state index contributed by atoms with van der Waals surface area (Å²) in [4.78, 5) is 26.9. The summed E-state index contributed by atoms with van der Waals surface area (Å²) in [6.45, 7) is 6.38. The van der Waals surface area contributed by atoms with Gasteiger partial charge in [0.05, 0.1) is 0 Å². The first-order valence-electron chi connectivity index (χ1n) is 7.43. The van der Waals surface area contributed by atoms with Gasteiger partial charge in [-0.15, -0.1) is 0 Å². The maximum Gasteiger partial charge on any atom is 0.698 e. The summed E-state index contributed by atoms with van der Waals surface area (Å²) >= 11 is 0. The zero-order chi connectivity index (χ0) is 14.8. The summed E-state index contributed by atoms with van der Waals surface area (Å²) in [6, 6.07) is 2.86. The van der Waals surface area contributed by atoms with Crippen LogP contribution in [0.25, 0.3) is 0 Å². The molecule has 0 aliphatic heterocycles. The van der Waals surface area contributed by atoms with Gasteiger partial charge in [-0.05, 0) is 18.1 Å². The lowest BCUT2D eigenvalue weighted by molar-refractivity contribution is -0.190. The topological polar surface area (TPSA) is 79.2 Å². The Morgan fingerprint density at radius 2 is 1.05 bits per heavy atom. The molecule has 0 spiro atoms. The van der Waals surface area contributed by atoms with Crippen molar-refractivity contribution in [2.24, 2.45) is 0 Å². The van der Waals surface area contributed by atoms with Gasteiger partial charge in [-0.2, -0.15) is 0 Å². The fourth-order valence-electron chi connectivity index (χ4n) is 2.14. The molecule has 0 rings (SSSR count). The van der Waals surface area contributed by atoms with E-state index in [1.807, 2.05) is 0 Å². The molecule has 0 bridgehead atoms. The molecule has 0 heterocycles. The molecule has 0 amide bonds. The predicted molar refractivity (Wildman–Crippen MR) is 79.5 cm³/mol. The van der Waals surface area contributed by atoms with Gasteiger partial charge >= 0.3 is 9.05 Å². The Labute approximate surface area is 119 Å². The quantitative estimate of drug-likeness (QED) is 0.293. The minimum absolute atomic E-state index is 0.952. The second-order valence-corrected chi connectivity index (χ2v) is 10.6. The second-order valence-electron chi connectivity index (χ2n) is 5.23. The Balaban J connectivity index is 4.66. The van der Waals surface area contributed by atoms with Gasteiger partial charge in [0.15, 0.2) is 0 Å². The van der Waals surface area contributed by atoms with E-state index in [0.29, 0.717) is 0 Å². The van der Waals surface area contributed by atoms with Crippen LogP contribution in [0, 0.1) is 0 Å². The maximum absolute atomic E-state index is 8.98. The van der Waals surface area contributed by atoms with Gasteiger partial charge in [0, 0.05) is 0 Å². The molecule has 0 aliphatic carbocycles. The van der Waals surface area contributed by atoms with Crippen LogP contribution in [-0.4, -0.2) is 31.8 Å². The Bertz CT molecular complexity index is 199. The molecule has 0 atom stereocenters. The summed E-state index contributed by atoms with van der Waals surface area (Å²) in [5, 5.41) is 0. The van der Waals surface area contributed by atoms with Crippen molar-refractivity contribution in [2.75, 3.05) is 0 Å². The maximum atomic E-state index is 8.98. The molecule has 0 saturated heterocycles. The van der Waals surface area contributed by atoms with Crippen LogP contribution >= 0.6 is 0 Å². The highest BCUT2D eigenvalue weighted by molar-refractivity contribution is 6.73. The average Bonchev–Trinajstić information content (AvgIpc) is 2.36. The van der Waals surface area contributed by atoms with Crippen molar-refractivity contribution >= 4 is 17.4 Å². The smallest absolute Gasteiger partial charge is 0.366 e. The van der Waals surface area contributed by atoms with Gasteiger partial charge in [-0.3, -0.25) is 4.58 Å². The van der Waals surface area contributed by atoms with E-state index >= 15 is 0 Å². The molecule has 0 fully saturated rings. The van der Waals surface area contributed by atoms with E-state index in [4.69, 9.17) is 19.0 Å². The molecule has 0 aromatic rings. The summed E-state index contributed by atoms with van der Waals surface area (Å²) in [7, 11) is -6.71. The molecule has 116 valence electrons. The van der Waals surface area contributed by atoms with Crippen LogP contribution in [0.4, 0.5) is 0 Å². The van der Waals surface area contributed by atoms with Crippen LogP contribution < -0.4 is 0 Å². The van der Waals surface area contributed by atoms with Gasteiger partial charge in [0.1, 0.15) is 0 Å². The van der Waals surface area contributed by atoms with Crippen molar-refractivity contribution in [2.45, 2.75) is 77.4 Å². The van der Waals surface area contributed by atoms with Crippen LogP contribution in [0.3, 0.4) is 0 Å². The normalized spacial score (nSPS) is 12.9. The molecular weight excluding hydrogens is 280 g/mol. The Kier molecular flexibility index (Phi) is 10.2. The predicted octanol–water partition coefficient (Wildman–Crippen LogP) is 2.69. The molecule has 7 heteroatoms. The zero-order valence-corrected chi connectivity index (χ0v) is 14.5. The van der Waals surface area contributed by atoms with Crippen molar-refractivity contribution in [3.8, 4) is 0 Å². The molecule has 3 N–H and O–H groups in total. The molecule has 0 unspecified atom stereocenters. The minimum atomic E-state index is -4.57. The van der Waals surface area contributed by atoms with E-state index in [0.717, 1.165) is 56.7 Å². The minimum Gasteiger partial charge on any atom is -0.366 e. The van der Waals surface area contributed by atoms with Gasteiger partial charge in [0.25, 0.3) is 0 Å². The van der Waals surface area contributed by atoms with Crippen molar-refractivity contribution in [3.63, 3.8) is 0 Å². The highest BCUT2D eigenvalue weighted by Gasteiger charge is 2.41. The number of rotatable bonds is 12. The van der Waals surface area contributed by atoms with Crippen molar-refractivity contribution < 1.29 is 23.5 Å². The van der Waals surface area contributed by atoms with Gasteiger partial charge < -0.3 is 14.4 Å². The van der Waals surface area contributed by atoms with Gasteiger partial charge in [-0.25, -0.2) is 4.58 Å². The van der Waals surface area contributed by atoms with E-state index in [1.165, 1.54) is 0 Å². The summed E-state index contributed by atoms with van der Waals surface area (Å²) in [5.41, 5.74) is 0. The lowest BCUT2D eigenvalue weighted by Gasteiger charge is -2.30. The average molecular weight is 311 g/mol. The van der Waals surface area contributed by atoms with Crippen LogP contribution in [0.15, 0.2) is 0 Å². The molecule has 0 aromatic heterocycles. The first-order chi connectivity index (χ1) is 8.89. The molecule has 0 aliphatic rings. The van der Waals surface area contributed by atoms with Crippen LogP contribution in [0.1, 0.15) is 59.3 Å². The highest BCUT2D eigenvalue weighted by atomic mass is 28.4. The van der Waals surface area contributed by atoms with E-state index in [-0.39, 0.29) is 0 Å². The molecule has 0 radical (unpaired) electrons. The van der Waals surface area contributed by atoms with Gasteiger partial charge in [0.2, 0.25) is 8.32 Å². The Morgan fingerprint density at radius 1 is 0.684 bits per heavy atom. The van der Waals surface area contributed by atoms with E-state index in [9.17, 15) is 0 Å². The molecule has 0 saturated carbocycles. The van der Waals surface area contributed by atoms with Crippen LogP contribution in [0.5, 0.6) is 0 Å². The third kappa shape index (κ3) is 9.72. The third-order valence-electron chi connectivity index (χ3n) is 3.29. The van der Waals surface area contributed by atoms with Crippen LogP contribution in [0.2, 0.25) is 18.1 Å². The van der Waals surface area contributed by atoms with Gasteiger partial charge in [-0.1, -0.05) is 59.3 Å². The molecule has 5 nitrogen and oxygen atoms in total. The fourth-order valence-corrected chi connectivity index (χ4v) is 7.29. The largest absolute Gasteiger partial charge is 0.698 e. The van der Waals surface area contributed by atoms with Crippen LogP contribution in [-0.2, 0) is 9.15 Å². The summed E-state index contributed by atoms with van der Waals surface area (Å²) < 4.78 is 10.0. The fraction of sp³-hybridized carbons (Fsp3) is 1.00. The summed E-state index contributed by atoms with van der Waals surface area (Å²) in [5.74, 6) is 0. The van der Waals surface area contributed by atoms with E-state index in [1.54, 1.807) is 0 Å². The van der Waals surface area contributed by atoms with Crippen molar-refractivity contribution in [1.29, 1.82) is 0 Å². The van der Waals surface area contributed by atoms with Crippen molar-refractivity contribution in [1.82, 2.24) is 0 Å². The SMILES string of the molecule is CCCC[Si](CCCC)(CCCC)OO[Si](O)(O)O. The third-order valence-corrected chi connectivity index (χ3v) is 7.99. The number of unbranched alkanes of at least 4 members (excludes halogenated alkanes) is 3. The standard InChI is InChI=1S/C12H30O5Si2/c1-4-7-10-18(11-8-5-2,12-9-6-3)16-17-19(13,14)15/h13-15H,4-12H2,1-3H3. The molecule has 19 heavy (non-hydrogen) atoms.